The Morgan fingerprint density at radius 3 is 2.89 bits per heavy atom. The molecule has 2 nitrogen and oxygen atoms in total. The van der Waals surface area contributed by atoms with Crippen LogP contribution in [0.4, 0.5) is 0 Å². The molecule has 3 aliphatic carbocycles. The maximum atomic E-state index is 9.01. The second kappa shape index (κ2) is 3.82. The van der Waals surface area contributed by atoms with Crippen LogP contribution in [0.5, 0.6) is 0 Å². The molecule has 1 atom stereocenters. The van der Waals surface area contributed by atoms with E-state index in [0.717, 1.165) is 12.0 Å². The van der Waals surface area contributed by atoms with Crippen LogP contribution in [-0.4, -0.2) is 10.9 Å². The summed E-state index contributed by atoms with van der Waals surface area (Å²) in [4.78, 5) is 0. The van der Waals surface area contributed by atoms with Crippen LogP contribution in [0.15, 0.2) is 70.9 Å². The lowest BCUT2D eigenvalue weighted by molar-refractivity contribution is 0.319. The first-order valence-corrected chi connectivity index (χ1v) is 6.49. The number of rotatable bonds is 0. The first-order chi connectivity index (χ1) is 9.38. The van der Waals surface area contributed by atoms with Gasteiger partial charge in [-0.15, -0.1) is 0 Å². The number of nitrogens with zero attached hydrogens (tertiary/aromatic N) is 1. The zero-order valence-corrected chi connectivity index (χ0v) is 10.4. The largest absolute Gasteiger partial charge is 0.410 e. The second-order valence-electron chi connectivity index (χ2n) is 5.05. The number of benzene rings is 1. The zero-order valence-electron chi connectivity index (χ0n) is 10.4. The molecule has 1 aromatic carbocycles. The smallest absolute Gasteiger partial charge is 0.106 e. The van der Waals surface area contributed by atoms with Crippen LogP contribution in [0, 0.1) is 5.92 Å². The molecule has 0 aromatic heterocycles. The third-order valence-corrected chi connectivity index (χ3v) is 4.11. The third kappa shape index (κ3) is 1.40. The van der Waals surface area contributed by atoms with Gasteiger partial charge >= 0.3 is 0 Å². The van der Waals surface area contributed by atoms with Gasteiger partial charge in [-0.3, -0.25) is 0 Å². The van der Waals surface area contributed by atoms with Gasteiger partial charge in [-0.05, 0) is 40.3 Å². The van der Waals surface area contributed by atoms with Crippen molar-refractivity contribution < 1.29 is 5.21 Å². The minimum absolute atomic E-state index is 0.249. The topological polar surface area (TPSA) is 32.6 Å². The van der Waals surface area contributed by atoms with Gasteiger partial charge in [0, 0.05) is 5.92 Å². The van der Waals surface area contributed by atoms with E-state index in [9.17, 15) is 0 Å². The van der Waals surface area contributed by atoms with Crippen molar-refractivity contribution in [3.05, 3.63) is 76.9 Å². The van der Waals surface area contributed by atoms with Gasteiger partial charge in [0.05, 0.1) is 0 Å². The van der Waals surface area contributed by atoms with E-state index in [0.29, 0.717) is 5.71 Å². The predicted octanol–water partition coefficient (Wildman–Crippen LogP) is 3.51. The van der Waals surface area contributed by atoms with Crippen LogP contribution in [0.3, 0.4) is 0 Å². The van der Waals surface area contributed by atoms with E-state index in [-0.39, 0.29) is 5.92 Å². The summed E-state index contributed by atoms with van der Waals surface area (Å²) in [5.41, 5.74) is 7.13. The maximum Gasteiger partial charge on any atom is 0.106 e. The Morgan fingerprint density at radius 1 is 1.11 bits per heavy atom. The van der Waals surface area contributed by atoms with E-state index in [4.69, 9.17) is 5.21 Å². The minimum Gasteiger partial charge on any atom is -0.410 e. The molecule has 1 unspecified atom stereocenters. The lowest BCUT2D eigenvalue weighted by Gasteiger charge is -2.27. The summed E-state index contributed by atoms with van der Waals surface area (Å²) in [6, 6.07) is 8.56. The van der Waals surface area contributed by atoms with Crippen molar-refractivity contribution in [1.29, 1.82) is 0 Å². The molecule has 4 rings (SSSR count). The third-order valence-electron chi connectivity index (χ3n) is 4.11. The van der Waals surface area contributed by atoms with Gasteiger partial charge in [0.25, 0.3) is 0 Å². The maximum absolute atomic E-state index is 9.01. The monoisotopic (exact) mass is 247 g/mol. The summed E-state index contributed by atoms with van der Waals surface area (Å²) in [6.07, 6.45) is 11.5. The first kappa shape index (κ1) is 10.6. The van der Waals surface area contributed by atoms with Crippen LogP contribution in [-0.2, 0) is 6.42 Å². The van der Waals surface area contributed by atoms with Gasteiger partial charge < -0.3 is 5.21 Å². The highest BCUT2D eigenvalue weighted by Gasteiger charge is 2.31. The molecule has 3 aliphatic rings. The van der Waals surface area contributed by atoms with E-state index in [1.54, 1.807) is 0 Å². The van der Waals surface area contributed by atoms with Gasteiger partial charge in [-0.1, -0.05) is 53.7 Å². The predicted molar refractivity (Wildman–Crippen MR) is 76.1 cm³/mol. The highest BCUT2D eigenvalue weighted by Crippen LogP contribution is 2.43. The van der Waals surface area contributed by atoms with Crippen LogP contribution < -0.4 is 0 Å². The van der Waals surface area contributed by atoms with E-state index >= 15 is 0 Å². The van der Waals surface area contributed by atoms with Crippen molar-refractivity contribution in [1.82, 2.24) is 0 Å². The fourth-order valence-corrected chi connectivity index (χ4v) is 3.20. The lowest BCUT2D eigenvalue weighted by Crippen LogP contribution is -2.14. The van der Waals surface area contributed by atoms with Crippen molar-refractivity contribution in [3.63, 3.8) is 0 Å². The fourth-order valence-electron chi connectivity index (χ4n) is 3.20. The summed E-state index contributed by atoms with van der Waals surface area (Å²) in [5, 5.41) is 12.4. The Labute approximate surface area is 111 Å². The number of hydrogen-bond donors (Lipinski definition) is 1. The fraction of sp³-hybridized carbons (Fsp3) is 0.118. The number of fused-ring (bicyclic) bond motifs is 5. The van der Waals surface area contributed by atoms with Crippen LogP contribution in [0.25, 0.3) is 5.57 Å². The van der Waals surface area contributed by atoms with E-state index in [1.165, 1.54) is 22.3 Å². The molecule has 0 spiro atoms. The Bertz CT molecular complexity index is 717. The quantitative estimate of drug-likeness (QED) is 0.552. The molecule has 0 heterocycles. The molecule has 0 radical (unpaired) electrons. The molecule has 0 amide bonds. The summed E-state index contributed by atoms with van der Waals surface area (Å²) >= 11 is 0. The summed E-state index contributed by atoms with van der Waals surface area (Å²) in [5.74, 6) is 0.249. The highest BCUT2D eigenvalue weighted by molar-refractivity contribution is 6.13. The van der Waals surface area contributed by atoms with E-state index < -0.39 is 0 Å². The van der Waals surface area contributed by atoms with Crippen molar-refractivity contribution in [2.24, 2.45) is 11.1 Å². The van der Waals surface area contributed by atoms with E-state index in [2.05, 4.69) is 53.7 Å². The molecule has 0 saturated heterocycles. The highest BCUT2D eigenvalue weighted by atomic mass is 16.4. The average molecular weight is 247 g/mol. The van der Waals surface area contributed by atoms with Gasteiger partial charge in [-0.25, -0.2) is 0 Å². The number of allylic oxidation sites excluding steroid dienone is 8. The molecule has 19 heavy (non-hydrogen) atoms. The van der Waals surface area contributed by atoms with Gasteiger partial charge in [0.2, 0.25) is 0 Å². The van der Waals surface area contributed by atoms with Crippen molar-refractivity contribution in [2.45, 2.75) is 6.42 Å². The SMILES string of the molecule is ON=C1C=CC2C3=CCc4ccccc4C3=CC=C12. The standard InChI is InChI=1S/C17H13NO/c19-18-17-10-9-15-14-6-5-11-3-1-2-4-12(11)13(14)7-8-16(15)17/h1-4,6-10,15,19H,5H2. The zero-order chi connectivity index (χ0) is 12.8. The normalized spacial score (nSPS) is 25.2. The minimum atomic E-state index is 0.249. The number of oxime groups is 1. The van der Waals surface area contributed by atoms with Gasteiger partial charge in [-0.2, -0.15) is 0 Å². The lowest BCUT2D eigenvalue weighted by atomic mass is 9.76. The summed E-state index contributed by atoms with van der Waals surface area (Å²) in [7, 11) is 0. The van der Waals surface area contributed by atoms with Crippen LogP contribution in [0.1, 0.15) is 11.1 Å². The molecule has 1 aromatic rings. The Balaban J connectivity index is 1.90. The van der Waals surface area contributed by atoms with Crippen molar-refractivity contribution in [3.8, 4) is 0 Å². The molecule has 0 aliphatic heterocycles. The molecule has 92 valence electrons. The molecule has 0 bridgehead atoms. The molecule has 0 fully saturated rings. The average Bonchev–Trinajstić information content (AvgIpc) is 2.90. The van der Waals surface area contributed by atoms with Crippen molar-refractivity contribution in [2.75, 3.05) is 0 Å². The summed E-state index contributed by atoms with van der Waals surface area (Å²) in [6.45, 7) is 0. The van der Waals surface area contributed by atoms with E-state index in [1.807, 2.05) is 6.08 Å². The van der Waals surface area contributed by atoms with Gasteiger partial charge in [0.15, 0.2) is 0 Å². The Morgan fingerprint density at radius 2 is 2.00 bits per heavy atom. The molecule has 2 heteroatoms. The number of hydrogen-bond acceptors (Lipinski definition) is 2. The molecule has 0 saturated carbocycles. The van der Waals surface area contributed by atoms with Gasteiger partial charge in [0.1, 0.15) is 5.71 Å². The Hall–Kier alpha value is -2.35. The first-order valence-electron chi connectivity index (χ1n) is 6.49. The second-order valence-corrected chi connectivity index (χ2v) is 5.05. The summed E-state index contributed by atoms with van der Waals surface area (Å²) < 4.78 is 0. The van der Waals surface area contributed by atoms with Crippen molar-refractivity contribution >= 4 is 11.3 Å². The molecular formula is C17H13NO. The molecular weight excluding hydrogens is 234 g/mol. The van der Waals surface area contributed by atoms with Crippen LogP contribution >= 0.6 is 0 Å². The molecule has 1 N–H and O–H groups in total. The Kier molecular flexibility index (Phi) is 2.12. The van der Waals surface area contributed by atoms with Crippen LogP contribution in [0.2, 0.25) is 0 Å².